The summed E-state index contributed by atoms with van der Waals surface area (Å²) in [7, 11) is 0. The van der Waals surface area contributed by atoms with Crippen LogP contribution in [0.1, 0.15) is 33.1 Å². The number of aliphatic hydroxyl groups is 2. The monoisotopic (exact) mass is 244 g/mol. The molecule has 0 saturated carbocycles. The zero-order chi connectivity index (χ0) is 12.7. The van der Waals surface area contributed by atoms with Crippen LogP contribution in [0.4, 0.5) is 0 Å². The SMILES string of the molecule is CC(C)C(CCO)NCC(O)CN1CCCC1. The predicted octanol–water partition coefficient (Wildman–Crippen LogP) is 0.440. The Morgan fingerprint density at radius 2 is 1.88 bits per heavy atom. The van der Waals surface area contributed by atoms with E-state index >= 15 is 0 Å². The first-order valence-corrected chi connectivity index (χ1v) is 6.88. The van der Waals surface area contributed by atoms with Crippen LogP contribution >= 0.6 is 0 Å². The summed E-state index contributed by atoms with van der Waals surface area (Å²) in [5.74, 6) is 0.487. The number of hydrogen-bond donors (Lipinski definition) is 3. The second-order valence-electron chi connectivity index (χ2n) is 5.43. The number of nitrogens with zero attached hydrogens (tertiary/aromatic N) is 1. The van der Waals surface area contributed by atoms with Gasteiger partial charge < -0.3 is 20.4 Å². The predicted molar refractivity (Wildman–Crippen MR) is 70.0 cm³/mol. The fraction of sp³-hybridized carbons (Fsp3) is 1.00. The highest BCUT2D eigenvalue weighted by molar-refractivity contribution is 4.75. The summed E-state index contributed by atoms with van der Waals surface area (Å²) >= 11 is 0. The fourth-order valence-corrected chi connectivity index (χ4v) is 2.43. The number of aliphatic hydroxyl groups excluding tert-OH is 2. The van der Waals surface area contributed by atoms with E-state index < -0.39 is 0 Å². The highest BCUT2D eigenvalue weighted by atomic mass is 16.3. The first-order valence-electron chi connectivity index (χ1n) is 6.88. The molecule has 4 heteroatoms. The van der Waals surface area contributed by atoms with Crippen molar-refractivity contribution in [3.05, 3.63) is 0 Å². The Morgan fingerprint density at radius 1 is 1.24 bits per heavy atom. The lowest BCUT2D eigenvalue weighted by Crippen LogP contribution is -2.43. The minimum absolute atomic E-state index is 0.206. The van der Waals surface area contributed by atoms with E-state index in [1.54, 1.807) is 0 Å². The lowest BCUT2D eigenvalue weighted by atomic mass is 10.0. The van der Waals surface area contributed by atoms with Gasteiger partial charge in [-0.15, -0.1) is 0 Å². The normalized spacial score (nSPS) is 21.0. The van der Waals surface area contributed by atoms with E-state index in [9.17, 15) is 5.11 Å². The van der Waals surface area contributed by atoms with Gasteiger partial charge in [-0.05, 0) is 38.3 Å². The van der Waals surface area contributed by atoms with Crippen LogP contribution in [0.25, 0.3) is 0 Å². The second kappa shape index (κ2) is 8.03. The molecule has 2 atom stereocenters. The summed E-state index contributed by atoms with van der Waals surface area (Å²) in [4.78, 5) is 2.32. The topological polar surface area (TPSA) is 55.7 Å². The molecule has 1 heterocycles. The minimum Gasteiger partial charge on any atom is -0.396 e. The van der Waals surface area contributed by atoms with Gasteiger partial charge in [-0.1, -0.05) is 13.8 Å². The van der Waals surface area contributed by atoms with Crippen molar-refractivity contribution in [2.24, 2.45) is 5.92 Å². The molecule has 1 fully saturated rings. The highest BCUT2D eigenvalue weighted by Crippen LogP contribution is 2.08. The molecule has 4 nitrogen and oxygen atoms in total. The van der Waals surface area contributed by atoms with Crippen LogP contribution in [-0.2, 0) is 0 Å². The van der Waals surface area contributed by atoms with Gasteiger partial charge in [-0.3, -0.25) is 0 Å². The quantitative estimate of drug-likeness (QED) is 0.580. The van der Waals surface area contributed by atoms with Gasteiger partial charge in [0.05, 0.1) is 6.10 Å². The van der Waals surface area contributed by atoms with Gasteiger partial charge in [0.2, 0.25) is 0 Å². The smallest absolute Gasteiger partial charge is 0.0791 e. The molecule has 0 aliphatic carbocycles. The van der Waals surface area contributed by atoms with E-state index in [4.69, 9.17) is 5.11 Å². The van der Waals surface area contributed by atoms with Gasteiger partial charge in [-0.2, -0.15) is 0 Å². The van der Waals surface area contributed by atoms with Gasteiger partial charge in [0.25, 0.3) is 0 Å². The third kappa shape index (κ3) is 5.82. The Morgan fingerprint density at radius 3 is 2.41 bits per heavy atom. The lowest BCUT2D eigenvalue weighted by Gasteiger charge is -2.25. The summed E-state index contributed by atoms with van der Waals surface area (Å²) in [6.45, 7) is 8.14. The van der Waals surface area contributed by atoms with Crippen LogP contribution < -0.4 is 5.32 Å². The van der Waals surface area contributed by atoms with Crippen molar-refractivity contribution in [2.75, 3.05) is 32.8 Å². The third-order valence-corrected chi connectivity index (χ3v) is 3.53. The number of rotatable bonds is 8. The molecule has 102 valence electrons. The van der Waals surface area contributed by atoms with Gasteiger partial charge in [0.1, 0.15) is 0 Å². The Hall–Kier alpha value is -0.160. The molecular weight excluding hydrogens is 216 g/mol. The van der Waals surface area contributed by atoms with Gasteiger partial charge >= 0.3 is 0 Å². The third-order valence-electron chi connectivity index (χ3n) is 3.53. The Kier molecular flexibility index (Phi) is 7.04. The molecule has 1 aliphatic heterocycles. The molecule has 1 rings (SSSR count). The first kappa shape index (κ1) is 14.9. The van der Waals surface area contributed by atoms with Crippen molar-refractivity contribution in [1.82, 2.24) is 10.2 Å². The molecule has 0 spiro atoms. The van der Waals surface area contributed by atoms with Gasteiger partial charge in [0, 0.05) is 25.7 Å². The molecule has 0 bridgehead atoms. The average molecular weight is 244 g/mol. The Balaban J connectivity index is 2.17. The lowest BCUT2D eigenvalue weighted by molar-refractivity contribution is 0.115. The van der Waals surface area contributed by atoms with Crippen molar-refractivity contribution >= 4 is 0 Å². The van der Waals surface area contributed by atoms with Crippen LogP contribution in [0.2, 0.25) is 0 Å². The summed E-state index contributed by atoms with van der Waals surface area (Å²) in [6, 6.07) is 0.299. The fourth-order valence-electron chi connectivity index (χ4n) is 2.43. The maximum absolute atomic E-state index is 9.94. The largest absolute Gasteiger partial charge is 0.396 e. The summed E-state index contributed by atoms with van der Waals surface area (Å²) in [6.07, 6.45) is 2.99. The van der Waals surface area contributed by atoms with E-state index in [-0.39, 0.29) is 12.7 Å². The summed E-state index contributed by atoms with van der Waals surface area (Å²) in [5.41, 5.74) is 0. The van der Waals surface area contributed by atoms with Crippen molar-refractivity contribution in [2.45, 2.75) is 45.3 Å². The molecule has 1 saturated heterocycles. The molecule has 1 aliphatic rings. The molecule has 3 N–H and O–H groups in total. The molecule has 0 aromatic rings. The van der Waals surface area contributed by atoms with E-state index in [2.05, 4.69) is 24.1 Å². The van der Waals surface area contributed by atoms with E-state index in [1.807, 2.05) is 0 Å². The number of likely N-dealkylation sites (tertiary alicyclic amines) is 1. The van der Waals surface area contributed by atoms with Gasteiger partial charge in [0.15, 0.2) is 0 Å². The maximum atomic E-state index is 9.94. The van der Waals surface area contributed by atoms with Crippen LogP contribution in [0.5, 0.6) is 0 Å². The molecule has 0 amide bonds. The van der Waals surface area contributed by atoms with E-state index in [0.29, 0.717) is 18.5 Å². The number of nitrogens with one attached hydrogen (secondary N) is 1. The molecule has 0 aromatic carbocycles. The molecule has 17 heavy (non-hydrogen) atoms. The molecule has 0 radical (unpaired) electrons. The van der Waals surface area contributed by atoms with Crippen molar-refractivity contribution in [1.29, 1.82) is 0 Å². The minimum atomic E-state index is -0.298. The van der Waals surface area contributed by atoms with Gasteiger partial charge in [-0.25, -0.2) is 0 Å². The Bertz CT molecular complexity index is 194. The molecule has 2 unspecified atom stereocenters. The van der Waals surface area contributed by atoms with E-state index in [0.717, 1.165) is 26.1 Å². The van der Waals surface area contributed by atoms with E-state index in [1.165, 1.54) is 12.8 Å². The first-order chi connectivity index (χ1) is 8.13. The molecular formula is C13H28N2O2. The highest BCUT2D eigenvalue weighted by Gasteiger charge is 2.18. The number of β-amino-alcohol motifs (C(OH)–C–C–N with tert-alkyl or cyclic N) is 1. The average Bonchev–Trinajstić information content (AvgIpc) is 2.76. The Labute approximate surface area is 105 Å². The number of hydrogen-bond acceptors (Lipinski definition) is 4. The maximum Gasteiger partial charge on any atom is 0.0791 e. The van der Waals surface area contributed by atoms with Crippen LogP contribution in [0.15, 0.2) is 0 Å². The van der Waals surface area contributed by atoms with Crippen molar-refractivity contribution < 1.29 is 10.2 Å². The second-order valence-corrected chi connectivity index (χ2v) is 5.43. The van der Waals surface area contributed by atoms with Crippen LogP contribution in [0.3, 0.4) is 0 Å². The molecule has 0 aromatic heterocycles. The zero-order valence-electron chi connectivity index (χ0n) is 11.2. The summed E-state index contributed by atoms with van der Waals surface area (Å²) in [5, 5.41) is 22.3. The van der Waals surface area contributed by atoms with Crippen molar-refractivity contribution in [3.63, 3.8) is 0 Å². The van der Waals surface area contributed by atoms with Crippen LogP contribution in [-0.4, -0.2) is 60.0 Å². The van der Waals surface area contributed by atoms with Crippen molar-refractivity contribution in [3.8, 4) is 0 Å². The summed E-state index contributed by atoms with van der Waals surface area (Å²) < 4.78 is 0. The van der Waals surface area contributed by atoms with Crippen LogP contribution in [0, 0.1) is 5.92 Å². The zero-order valence-corrected chi connectivity index (χ0v) is 11.2. The standard InChI is InChI=1S/C13H28N2O2/c1-11(2)13(5-8-16)14-9-12(17)10-15-6-3-4-7-15/h11-14,16-17H,3-10H2,1-2H3.